The summed E-state index contributed by atoms with van der Waals surface area (Å²) in [6.45, 7) is 6.40. The number of H-pyrrole nitrogens is 1. The molecule has 1 amide bonds. The summed E-state index contributed by atoms with van der Waals surface area (Å²) in [5.74, 6) is 0.499. The van der Waals surface area contributed by atoms with Crippen molar-refractivity contribution < 1.29 is 9.53 Å². The van der Waals surface area contributed by atoms with Gasteiger partial charge in [-0.1, -0.05) is 6.58 Å². The molecule has 0 bridgehead atoms. The molecule has 0 spiro atoms. The summed E-state index contributed by atoms with van der Waals surface area (Å²) >= 11 is 0. The molecule has 1 aromatic heterocycles. The number of nitrogens with one attached hydrogen (secondary N) is 1. The van der Waals surface area contributed by atoms with Gasteiger partial charge in [0.1, 0.15) is 5.75 Å². The second-order valence-electron chi connectivity index (χ2n) is 4.36. The summed E-state index contributed by atoms with van der Waals surface area (Å²) < 4.78 is 5.28. The Labute approximate surface area is 104 Å². The minimum absolute atomic E-state index is 0.377. The largest absolute Gasteiger partial charge is 0.419 e. The Balaban J connectivity index is 1.82. The van der Waals surface area contributed by atoms with Gasteiger partial charge in [-0.05, 0) is 19.1 Å². The molecular weight excluding hydrogens is 230 g/mol. The minimum Gasteiger partial charge on any atom is -0.410 e. The van der Waals surface area contributed by atoms with Crippen LogP contribution in [0.25, 0.3) is 10.9 Å². The molecule has 1 saturated heterocycles. The van der Waals surface area contributed by atoms with E-state index >= 15 is 0 Å². The molecule has 92 valence electrons. The highest BCUT2D eigenvalue weighted by Crippen LogP contribution is 2.24. The Morgan fingerprint density at radius 1 is 1.56 bits per heavy atom. The highest BCUT2D eigenvalue weighted by atomic mass is 16.6. The zero-order valence-electron chi connectivity index (χ0n) is 10.1. The third-order valence-electron chi connectivity index (χ3n) is 3.15. The fourth-order valence-corrected chi connectivity index (χ4v) is 1.95. The third-order valence-corrected chi connectivity index (χ3v) is 3.15. The number of hydrogen-bond donors (Lipinski definition) is 1. The SMILES string of the molecule is C=C1CCN1C(=O)Oc1ccc2c(C)[nH]nc2c1. The number of amides is 1. The smallest absolute Gasteiger partial charge is 0.410 e. The Morgan fingerprint density at radius 3 is 3.06 bits per heavy atom. The van der Waals surface area contributed by atoms with Gasteiger partial charge in [0.15, 0.2) is 0 Å². The zero-order chi connectivity index (χ0) is 12.7. The van der Waals surface area contributed by atoms with Gasteiger partial charge < -0.3 is 4.74 Å². The van der Waals surface area contributed by atoms with Gasteiger partial charge in [0.05, 0.1) is 5.52 Å². The van der Waals surface area contributed by atoms with Crippen LogP contribution in [0.4, 0.5) is 4.79 Å². The molecule has 3 rings (SSSR count). The molecule has 5 nitrogen and oxygen atoms in total. The van der Waals surface area contributed by atoms with Crippen LogP contribution in [0.5, 0.6) is 5.75 Å². The molecule has 1 aliphatic heterocycles. The van der Waals surface area contributed by atoms with Gasteiger partial charge in [0.2, 0.25) is 0 Å². The van der Waals surface area contributed by atoms with Gasteiger partial charge in [-0.3, -0.25) is 10.00 Å². The number of aryl methyl sites for hydroxylation is 1. The average molecular weight is 243 g/mol. The fourth-order valence-electron chi connectivity index (χ4n) is 1.95. The molecule has 0 unspecified atom stereocenters. The zero-order valence-corrected chi connectivity index (χ0v) is 10.1. The number of carbonyl (C=O) groups excluding carboxylic acids is 1. The van der Waals surface area contributed by atoms with Gasteiger partial charge in [0.25, 0.3) is 0 Å². The van der Waals surface area contributed by atoms with E-state index in [-0.39, 0.29) is 6.09 Å². The summed E-state index contributed by atoms with van der Waals surface area (Å²) in [6.07, 6.45) is 0.477. The van der Waals surface area contributed by atoms with Crippen molar-refractivity contribution in [1.29, 1.82) is 0 Å². The molecular formula is C13H13N3O2. The van der Waals surface area contributed by atoms with E-state index in [0.717, 1.165) is 28.7 Å². The van der Waals surface area contributed by atoms with Crippen molar-refractivity contribution in [2.75, 3.05) is 6.54 Å². The number of likely N-dealkylation sites (tertiary alicyclic amines) is 1. The molecule has 2 heterocycles. The van der Waals surface area contributed by atoms with Gasteiger partial charge in [-0.15, -0.1) is 0 Å². The third kappa shape index (κ3) is 1.64. The van der Waals surface area contributed by atoms with Crippen LogP contribution in [0, 0.1) is 6.92 Å². The van der Waals surface area contributed by atoms with Crippen LogP contribution in [0.3, 0.4) is 0 Å². The van der Waals surface area contributed by atoms with Gasteiger partial charge in [0, 0.05) is 35.8 Å². The van der Waals surface area contributed by atoms with Crippen molar-refractivity contribution in [2.45, 2.75) is 13.3 Å². The minimum atomic E-state index is -0.377. The van der Waals surface area contributed by atoms with Crippen molar-refractivity contribution in [3.05, 3.63) is 36.2 Å². The molecule has 1 aliphatic rings. The Kier molecular flexibility index (Phi) is 2.33. The molecule has 0 atom stereocenters. The second kappa shape index (κ2) is 3.87. The first-order valence-corrected chi connectivity index (χ1v) is 5.77. The number of nitrogens with zero attached hydrogens (tertiary/aromatic N) is 2. The number of benzene rings is 1. The number of carbonyl (C=O) groups is 1. The van der Waals surface area contributed by atoms with Crippen LogP contribution in [-0.2, 0) is 0 Å². The first kappa shape index (κ1) is 10.8. The number of hydrogen-bond acceptors (Lipinski definition) is 3. The highest BCUT2D eigenvalue weighted by molar-refractivity contribution is 5.83. The van der Waals surface area contributed by atoms with Crippen LogP contribution >= 0.6 is 0 Å². The molecule has 1 fully saturated rings. The van der Waals surface area contributed by atoms with Crippen molar-refractivity contribution >= 4 is 17.0 Å². The summed E-state index contributed by atoms with van der Waals surface area (Å²) in [5.41, 5.74) is 2.59. The second-order valence-corrected chi connectivity index (χ2v) is 4.36. The first-order chi connectivity index (χ1) is 8.65. The predicted octanol–water partition coefficient (Wildman–Crippen LogP) is 2.59. The van der Waals surface area contributed by atoms with Crippen molar-refractivity contribution in [2.24, 2.45) is 0 Å². The molecule has 5 heteroatoms. The molecule has 0 saturated carbocycles. The van der Waals surface area contributed by atoms with Crippen LogP contribution in [-0.4, -0.2) is 27.7 Å². The van der Waals surface area contributed by atoms with E-state index in [1.165, 1.54) is 4.90 Å². The van der Waals surface area contributed by atoms with Gasteiger partial charge in [-0.2, -0.15) is 5.10 Å². The number of aromatic amines is 1. The topological polar surface area (TPSA) is 58.2 Å². The van der Waals surface area contributed by atoms with E-state index in [9.17, 15) is 4.79 Å². The van der Waals surface area contributed by atoms with Crippen molar-refractivity contribution in [1.82, 2.24) is 15.1 Å². The summed E-state index contributed by atoms with van der Waals surface area (Å²) in [4.78, 5) is 13.3. The lowest BCUT2D eigenvalue weighted by atomic mass is 10.2. The normalized spacial score (nSPS) is 14.7. The lowest BCUT2D eigenvalue weighted by Gasteiger charge is -2.32. The van der Waals surface area contributed by atoms with Gasteiger partial charge in [-0.25, -0.2) is 4.79 Å². The Bertz CT molecular complexity index is 645. The highest BCUT2D eigenvalue weighted by Gasteiger charge is 2.26. The average Bonchev–Trinajstić information content (AvgIpc) is 2.68. The maximum Gasteiger partial charge on any atom is 0.419 e. The maximum absolute atomic E-state index is 11.8. The monoisotopic (exact) mass is 243 g/mol. The summed E-state index contributed by atoms with van der Waals surface area (Å²) in [5, 5.41) is 8.06. The van der Waals surface area contributed by atoms with Crippen LogP contribution in [0.15, 0.2) is 30.5 Å². The van der Waals surface area contributed by atoms with Crippen LogP contribution < -0.4 is 4.74 Å². The number of fused-ring (bicyclic) bond motifs is 1. The van der Waals surface area contributed by atoms with E-state index < -0.39 is 0 Å². The van der Waals surface area contributed by atoms with Crippen molar-refractivity contribution in [3.63, 3.8) is 0 Å². The predicted molar refractivity (Wildman–Crippen MR) is 67.3 cm³/mol. The van der Waals surface area contributed by atoms with E-state index in [4.69, 9.17) is 4.74 Å². The standard InChI is InChI=1S/C13H13N3O2/c1-8-5-6-16(8)13(17)18-10-3-4-11-9(2)14-15-12(11)7-10/h3-4,7H,1,5-6H2,2H3,(H,14,15). The number of rotatable bonds is 1. The van der Waals surface area contributed by atoms with E-state index in [1.807, 2.05) is 13.0 Å². The Morgan fingerprint density at radius 2 is 2.39 bits per heavy atom. The molecule has 2 aromatic rings. The first-order valence-electron chi connectivity index (χ1n) is 5.77. The number of aromatic nitrogens is 2. The fraction of sp³-hybridized carbons (Fsp3) is 0.231. The lowest BCUT2D eigenvalue weighted by molar-refractivity contribution is 0.149. The molecule has 1 aromatic carbocycles. The quantitative estimate of drug-likeness (QED) is 0.837. The van der Waals surface area contributed by atoms with Crippen LogP contribution in [0.1, 0.15) is 12.1 Å². The molecule has 18 heavy (non-hydrogen) atoms. The van der Waals surface area contributed by atoms with Crippen molar-refractivity contribution in [3.8, 4) is 5.75 Å². The summed E-state index contributed by atoms with van der Waals surface area (Å²) in [6, 6.07) is 5.41. The van der Waals surface area contributed by atoms with E-state index in [2.05, 4.69) is 16.8 Å². The maximum atomic E-state index is 11.8. The van der Waals surface area contributed by atoms with Gasteiger partial charge >= 0.3 is 6.09 Å². The molecule has 0 radical (unpaired) electrons. The lowest BCUT2D eigenvalue weighted by Crippen LogP contribution is -2.41. The van der Waals surface area contributed by atoms with E-state index in [0.29, 0.717) is 12.3 Å². The number of ether oxygens (including phenoxy) is 1. The molecule has 1 N–H and O–H groups in total. The Hall–Kier alpha value is -2.30. The molecule has 0 aliphatic carbocycles. The summed E-state index contributed by atoms with van der Waals surface area (Å²) in [7, 11) is 0. The van der Waals surface area contributed by atoms with E-state index in [1.54, 1.807) is 12.1 Å². The van der Waals surface area contributed by atoms with Crippen LogP contribution in [0.2, 0.25) is 0 Å².